The van der Waals surface area contributed by atoms with E-state index in [0.29, 0.717) is 19.4 Å². The van der Waals surface area contributed by atoms with Gasteiger partial charge in [-0.05, 0) is 83.4 Å². The number of carbonyl (C=O) groups is 1. The highest BCUT2D eigenvalue weighted by Gasteiger charge is 2.51. The lowest BCUT2D eigenvalue weighted by molar-refractivity contribution is -0.122. The molecule has 38 heavy (non-hydrogen) atoms. The molecule has 2 heterocycles. The van der Waals surface area contributed by atoms with Crippen LogP contribution in [0.15, 0.2) is 29.4 Å². The highest BCUT2D eigenvalue weighted by molar-refractivity contribution is 6.45. The molecule has 0 bridgehead atoms. The van der Waals surface area contributed by atoms with Crippen LogP contribution >= 0.6 is 0 Å². The van der Waals surface area contributed by atoms with Gasteiger partial charge in [-0.2, -0.15) is 4.91 Å². The van der Waals surface area contributed by atoms with E-state index in [2.05, 4.69) is 50.0 Å². The average Bonchev–Trinajstić information content (AvgIpc) is 3.39. The van der Waals surface area contributed by atoms with Crippen molar-refractivity contribution in [2.45, 2.75) is 122 Å². The Morgan fingerprint density at radius 1 is 1.18 bits per heavy atom. The highest BCUT2D eigenvalue weighted by Crippen LogP contribution is 2.40. The zero-order valence-electron chi connectivity index (χ0n) is 24.2. The molecule has 0 saturated carbocycles. The van der Waals surface area contributed by atoms with Crippen molar-refractivity contribution < 1.29 is 18.5 Å². The normalized spacial score (nSPS) is 23.2. The van der Waals surface area contributed by atoms with E-state index in [1.165, 1.54) is 19.1 Å². The van der Waals surface area contributed by atoms with Gasteiger partial charge in [-0.1, -0.05) is 49.9 Å². The van der Waals surface area contributed by atoms with Gasteiger partial charge in [0.1, 0.15) is 11.9 Å². The highest BCUT2D eigenvalue weighted by atomic mass is 19.1. The third-order valence-electron chi connectivity index (χ3n) is 8.86. The molecule has 1 amide bonds. The second-order valence-corrected chi connectivity index (χ2v) is 12.3. The van der Waals surface area contributed by atoms with Crippen molar-refractivity contribution in [3.63, 3.8) is 0 Å². The van der Waals surface area contributed by atoms with E-state index < -0.39 is 11.6 Å². The molecule has 2 aliphatic rings. The predicted octanol–water partition coefficient (Wildman–Crippen LogP) is 6.11. The van der Waals surface area contributed by atoms with Crippen LogP contribution in [0.3, 0.4) is 0 Å². The third-order valence-corrected chi connectivity index (χ3v) is 8.86. The maximum Gasteiger partial charge on any atom is 0.457 e. The van der Waals surface area contributed by atoms with Crippen LogP contribution < -0.4 is 5.32 Å². The lowest BCUT2D eigenvalue weighted by Gasteiger charge is -2.43. The Hall–Kier alpha value is -1.84. The summed E-state index contributed by atoms with van der Waals surface area (Å²) < 4.78 is 25.7. The van der Waals surface area contributed by atoms with Crippen LogP contribution in [0.4, 0.5) is 4.39 Å². The van der Waals surface area contributed by atoms with Crippen molar-refractivity contribution in [2.75, 3.05) is 13.1 Å². The number of hydrogen-bond donors (Lipinski definition) is 1. The molecule has 0 spiro atoms. The molecule has 2 saturated heterocycles. The summed E-state index contributed by atoms with van der Waals surface area (Å²) in [5, 5.41) is 6.90. The fraction of sp³-hybridized carbons (Fsp3) is 0.759. The number of likely N-dealkylation sites (tertiary alicyclic amines) is 1. The summed E-state index contributed by atoms with van der Waals surface area (Å²) in [6, 6.07) is 6.12. The first-order valence-corrected chi connectivity index (χ1v) is 14.4. The maximum atomic E-state index is 13.4. The van der Waals surface area contributed by atoms with Gasteiger partial charge in [-0.3, -0.25) is 9.69 Å². The monoisotopic (exact) mass is 531 g/mol. The Balaban J connectivity index is 1.73. The van der Waals surface area contributed by atoms with E-state index in [-0.39, 0.29) is 36.0 Å². The van der Waals surface area contributed by atoms with Crippen molar-refractivity contribution >= 4 is 13.0 Å². The number of rotatable bonds is 14. The zero-order valence-corrected chi connectivity index (χ0v) is 24.2. The second-order valence-electron chi connectivity index (χ2n) is 12.3. The molecule has 3 atom stereocenters. The molecule has 1 aromatic carbocycles. The van der Waals surface area contributed by atoms with Gasteiger partial charge in [0, 0.05) is 20.0 Å². The van der Waals surface area contributed by atoms with E-state index in [4.69, 9.17) is 9.31 Å². The minimum absolute atomic E-state index is 0.100. The summed E-state index contributed by atoms with van der Waals surface area (Å²) in [5.41, 5.74) is -0.365. The van der Waals surface area contributed by atoms with Gasteiger partial charge >= 0.3 is 7.12 Å². The van der Waals surface area contributed by atoms with Gasteiger partial charge in [-0.15, -0.1) is 0 Å². The smallest absolute Gasteiger partial charge is 0.403 e. The third kappa shape index (κ3) is 7.42. The molecular formula is C29H47BFN3O4. The predicted molar refractivity (Wildman–Crippen MR) is 150 cm³/mol. The Morgan fingerprint density at radius 3 is 2.42 bits per heavy atom. The molecule has 212 valence electrons. The molecule has 0 radical (unpaired) electrons. The van der Waals surface area contributed by atoms with Crippen molar-refractivity contribution in [1.29, 1.82) is 0 Å². The quantitative estimate of drug-likeness (QED) is 0.178. The first-order valence-electron chi connectivity index (χ1n) is 14.4. The van der Waals surface area contributed by atoms with Gasteiger partial charge < -0.3 is 14.6 Å². The van der Waals surface area contributed by atoms with Gasteiger partial charge in [0.15, 0.2) is 0 Å². The topological polar surface area (TPSA) is 80.2 Å². The van der Waals surface area contributed by atoms with Gasteiger partial charge in [0.25, 0.3) is 0 Å². The van der Waals surface area contributed by atoms with Crippen LogP contribution in [0.25, 0.3) is 0 Å². The summed E-state index contributed by atoms with van der Waals surface area (Å²) in [7, 11) is -0.257. The lowest BCUT2D eigenvalue weighted by atomic mass is 9.71. The number of hydrogen-bond acceptors (Lipinski definition) is 6. The molecule has 7 nitrogen and oxygen atoms in total. The minimum Gasteiger partial charge on any atom is -0.403 e. The molecule has 0 aliphatic carbocycles. The first kappa shape index (κ1) is 30.7. The molecule has 9 heteroatoms. The molecular weight excluding hydrogens is 484 g/mol. The SMILES string of the molecule is CCCCC(N=O)C(CCCCB1OC(C)(C)C(C)(C)O1)(NC(C)=O)[C@@H]1CCN(Cc2ccc(F)cc2)C1. The van der Waals surface area contributed by atoms with Gasteiger partial charge in [0.2, 0.25) is 5.91 Å². The van der Waals surface area contributed by atoms with E-state index >= 15 is 0 Å². The van der Waals surface area contributed by atoms with Crippen molar-refractivity contribution in [3.05, 3.63) is 40.6 Å². The van der Waals surface area contributed by atoms with Crippen LogP contribution in [-0.4, -0.2) is 53.8 Å². The molecule has 0 aromatic heterocycles. The van der Waals surface area contributed by atoms with Crippen molar-refractivity contribution in [3.8, 4) is 0 Å². The van der Waals surface area contributed by atoms with Crippen molar-refractivity contribution in [1.82, 2.24) is 10.2 Å². The number of carbonyl (C=O) groups excluding carboxylic acids is 1. The molecule has 2 fully saturated rings. The first-order chi connectivity index (χ1) is 17.9. The van der Waals surface area contributed by atoms with E-state index in [0.717, 1.165) is 57.1 Å². The number of benzene rings is 1. The maximum absolute atomic E-state index is 13.4. The number of amides is 1. The van der Waals surface area contributed by atoms with Crippen LogP contribution in [0.5, 0.6) is 0 Å². The summed E-state index contributed by atoms with van der Waals surface area (Å²) in [5.74, 6) is -0.268. The second kappa shape index (κ2) is 13.0. The standard InChI is InChI=1S/C29H47BFN3O4/c1-7-8-11-26(33-36)29(32-22(2)35,17-9-10-18-30-37-27(3,4)28(5,6)38-30)24-16-19-34(21-24)20-23-12-14-25(31)15-13-23/h12-15,24,26H,7-11,16-21H2,1-6H3,(H,32,35)/t24-,26?,29?/m1/s1. The Labute approximate surface area is 228 Å². The summed E-state index contributed by atoms with van der Waals surface area (Å²) in [6.45, 7) is 14.2. The molecule has 2 aliphatic heterocycles. The molecule has 1 aromatic rings. The minimum atomic E-state index is -0.698. The zero-order chi connectivity index (χ0) is 28.0. The van der Waals surface area contributed by atoms with Crippen LogP contribution in [0, 0.1) is 16.6 Å². The Bertz CT molecular complexity index is 913. The fourth-order valence-corrected chi connectivity index (χ4v) is 6.08. The van der Waals surface area contributed by atoms with Crippen LogP contribution in [-0.2, 0) is 20.6 Å². The fourth-order valence-electron chi connectivity index (χ4n) is 6.08. The summed E-state index contributed by atoms with van der Waals surface area (Å²) in [6.07, 6.45) is 6.52. The van der Waals surface area contributed by atoms with Gasteiger partial charge in [0.05, 0.1) is 16.7 Å². The van der Waals surface area contributed by atoms with E-state index in [1.807, 2.05) is 12.1 Å². The Kier molecular flexibility index (Phi) is 10.5. The Morgan fingerprint density at radius 2 is 1.84 bits per heavy atom. The van der Waals surface area contributed by atoms with Gasteiger partial charge in [-0.25, -0.2) is 4.39 Å². The molecule has 3 rings (SSSR count). The molecule has 2 unspecified atom stereocenters. The average molecular weight is 532 g/mol. The van der Waals surface area contributed by atoms with E-state index in [1.54, 1.807) is 0 Å². The molecule has 1 N–H and O–H groups in total. The van der Waals surface area contributed by atoms with Crippen LogP contribution in [0.2, 0.25) is 6.32 Å². The van der Waals surface area contributed by atoms with Crippen molar-refractivity contribution in [2.24, 2.45) is 11.1 Å². The number of nitroso groups, excluding NO2 is 1. The van der Waals surface area contributed by atoms with Crippen LogP contribution in [0.1, 0.15) is 92.1 Å². The number of nitrogens with zero attached hydrogens (tertiary/aromatic N) is 2. The largest absolute Gasteiger partial charge is 0.457 e. The summed E-state index contributed by atoms with van der Waals surface area (Å²) >= 11 is 0. The number of unbranched alkanes of at least 4 members (excludes halogenated alkanes) is 2. The van der Waals surface area contributed by atoms with E-state index in [9.17, 15) is 14.1 Å². The number of nitrogens with one attached hydrogen (secondary N) is 1. The number of halogens is 1. The lowest BCUT2D eigenvalue weighted by Crippen LogP contribution is -2.61. The summed E-state index contributed by atoms with van der Waals surface area (Å²) in [4.78, 5) is 27.2.